The summed E-state index contributed by atoms with van der Waals surface area (Å²) in [7, 11) is 0. The second-order valence-corrected chi connectivity index (χ2v) is 22.1. The fourth-order valence-electron chi connectivity index (χ4n) is 13.8. The summed E-state index contributed by atoms with van der Waals surface area (Å²) in [4.78, 5) is 5.01. The number of aromatic nitrogens is 2. The van der Waals surface area contributed by atoms with Gasteiger partial charge in [0.2, 0.25) is 0 Å². The summed E-state index contributed by atoms with van der Waals surface area (Å²) in [6.07, 6.45) is 0. The van der Waals surface area contributed by atoms with Gasteiger partial charge >= 0.3 is 0 Å². The average Bonchev–Trinajstić information content (AvgIpc) is 4.10. The van der Waals surface area contributed by atoms with Crippen LogP contribution in [0.15, 0.2) is 243 Å². The zero-order valence-corrected chi connectivity index (χ0v) is 42.9. The molecular weight excluding hydrogens is 921 g/mol. The van der Waals surface area contributed by atoms with Gasteiger partial charge in [0.05, 0.1) is 44.8 Å². The van der Waals surface area contributed by atoms with E-state index in [1.165, 1.54) is 132 Å². The van der Waals surface area contributed by atoms with Crippen LogP contribution in [0, 0.1) is 0 Å². The number of para-hydroxylation sites is 6. The van der Waals surface area contributed by atoms with Crippen molar-refractivity contribution < 1.29 is 0 Å². The van der Waals surface area contributed by atoms with Crippen LogP contribution in [0.25, 0.3) is 87.3 Å². The first-order valence-corrected chi connectivity index (χ1v) is 26.7. The predicted octanol–water partition coefficient (Wildman–Crippen LogP) is 19.6. The van der Waals surface area contributed by atoms with Crippen LogP contribution in [0.2, 0.25) is 0 Å². The van der Waals surface area contributed by atoms with Crippen LogP contribution < -0.4 is 9.80 Å². The summed E-state index contributed by atoms with van der Waals surface area (Å²) < 4.78 is 4.88. The van der Waals surface area contributed by atoms with Crippen molar-refractivity contribution in [3.63, 3.8) is 0 Å². The zero-order valence-electron chi connectivity index (χ0n) is 42.9. The lowest BCUT2D eigenvalue weighted by Gasteiger charge is -2.42. The van der Waals surface area contributed by atoms with Crippen molar-refractivity contribution in [3.8, 4) is 11.4 Å². The van der Waals surface area contributed by atoms with E-state index >= 15 is 0 Å². The van der Waals surface area contributed by atoms with E-state index in [9.17, 15) is 0 Å². The van der Waals surface area contributed by atoms with Crippen molar-refractivity contribution in [2.75, 3.05) is 9.80 Å². The zero-order chi connectivity index (χ0) is 50.6. The van der Waals surface area contributed by atoms with Crippen LogP contribution in [0.4, 0.5) is 34.1 Å². The SMILES string of the molecule is CC1(C)c2ccccc2N(c2ccc3c4ccc(N5c6ccccc6C(C)(C)c6cc(-n7c8ccccc8c8ccccc87)ccc65)cc4c4ccccc4c3c2)c2ccc(-n3c4ccccc4c4ccccc43)cc21. The van der Waals surface area contributed by atoms with Gasteiger partial charge in [-0.05, 0) is 152 Å². The minimum absolute atomic E-state index is 0.256. The molecule has 0 atom stereocenters. The number of fused-ring (bicyclic) bond motifs is 16. The molecule has 0 spiro atoms. The highest BCUT2D eigenvalue weighted by Crippen LogP contribution is 2.55. The van der Waals surface area contributed by atoms with Crippen LogP contribution in [0.3, 0.4) is 0 Å². The number of rotatable bonds is 4. The molecule has 360 valence electrons. The van der Waals surface area contributed by atoms with E-state index in [-0.39, 0.29) is 10.8 Å². The third-order valence-corrected chi connectivity index (χ3v) is 17.4. The van der Waals surface area contributed by atoms with Crippen molar-refractivity contribution in [2.45, 2.75) is 38.5 Å². The summed E-state index contributed by atoms with van der Waals surface area (Å²) in [6, 6.07) is 90.8. The molecule has 0 bridgehead atoms. The lowest BCUT2D eigenvalue weighted by atomic mass is 9.73. The Balaban J connectivity index is 0.858. The molecule has 12 aromatic carbocycles. The highest BCUT2D eigenvalue weighted by Gasteiger charge is 2.39. The summed E-state index contributed by atoms with van der Waals surface area (Å²) in [5.41, 5.74) is 19.0. The summed E-state index contributed by atoms with van der Waals surface area (Å²) >= 11 is 0. The van der Waals surface area contributed by atoms with Gasteiger partial charge in [-0.25, -0.2) is 0 Å². The van der Waals surface area contributed by atoms with Gasteiger partial charge in [-0.1, -0.05) is 173 Å². The van der Waals surface area contributed by atoms with Gasteiger partial charge in [0.1, 0.15) is 0 Å². The fraction of sp³-hybridized carbons (Fsp3) is 0.0833. The van der Waals surface area contributed by atoms with E-state index in [4.69, 9.17) is 0 Å². The molecule has 0 fully saturated rings. The van der Waals surface area contributed by atoms with E-state index < -0.39 is 0 Å². The van der Waals surface area contributed by atoms with E-state index in [1.807, 2.05) is 0 Å². The molecule has 0 radical (unpaired) electrons. The molecule has 0 unspecified atom stereocenters. The molecule has 4 heterocycles. The smallest absolute Gasteiger partial charge is 0.0541 e. The third-order valence-electron chi connectivity index (χ3n) is 17.4. The number of nitrogens with zero attached hydrogens (tertiary/aromatic N) is 4. The Morgan fingerprint density at radius 3 is 0.895 bits per heavy atom. The predicted molar refractivity (Wildman–Crippen MR) is 321 cm³/mol. The standard InChI is InChI=1S/C72H52N4/c1-71(2)59-25-11-17-31-67(59)75(69-39-35-47(43-61(69)71)73-63-27-13-7-21-53(63)54-22-8-14-28-64(54)73)45-33-37-51-52-38-34-46(42-58(52)50-20-6-5-19-49(50)57(51)41-45)76-68-32-18-12-26-60(68)72(3,4)62-44-48(36-40-70(62)76)74-65-29-15-9-23-55(65)56-24-10-16-30-66(56)74/h5-44H,1-4H3. The van der Waals surface area contributed by atoms with E-state index in [0.717, 1.165) is 11.4 Å². The fourth-order valence-corrected chi connectivity index (χ4v) is 13.8. The number of benzene rings is 12. The van der Waals surface area contributed by atoms with Crippen LogP contribution >= 0.6 is 0 Å². The normalized spacial score (nSPS) is 14.5. The molecule has 14 aromatic rings. The first kappa shape index (κ1) is 43.1. The number of anilines is 6. The van der Waals surface area contributed by atoms with Gasteiger partial charge in [0.15, 0.2) is 0 Å². The molecule has 4 heteroatoms. The Hall–Kier alpha value is -9.38. The average molecular weight is 973 g/mol. The van der Waals surface area contributed by atoms with Crippen molar-refractivity contribution in [1.29, 1.82) is 0 Å². The Labute approximate surface area is 441 Å². The molecular formula is C72H52N4. The molecule has 2 aliphatic heterocycles. The van der Waals surface area contributed by atoms with Crippen LogP contribution in [0.5, 0.6) is 0 Å². The maximum absolute atomic E-state index is 2.51. The summed E-state index contributed by atoms with van der Waals surface area (Å²) in [5.74, 6) is 0. The van der Waals surface area contributed by atoms with Gasteiger partial charge in [-0.3, -0.25) is 0 Å². The Bertz CT molecular complexity index is 4360. The quantitative estimate of drug-likeness (QED) is 0.163. The van der Waals surface area contributed by atoms with Crippen molar-refractivity contribution >= 4 is 110 Å². The third kappa shape index (κ3) is 5.84. The summed E-state index contributed by atoms with van der Waals surface area (Å²) in [5, 5.41) is 12.5. The maximum Gasteiger partial charge on any atom is 0.0541 e. The Morgan fingerprint density at radius 2 is 0.513 bits per heavy atom. The van der Waals surface area contributed by atoms with Crippen LogP contribution in [0.1, 0.15) is 49.9 Å². The van der Waals surface area contributed by atoms with Crippen LogP contribution in [-0.4, -0.2) is 9.13 Å². The molecule has 4 nitrogen and oxygen atoms in total. The monoisotopic (exact) mass is 972 g/mol. The lowest BCUT2D eigenvalue weighted by molar-refractivity contribution is 0.631. The van der Waals surface area contributed by atoms with Crippen molar-refractivity contribution in [1.82, 2.24) is 9.13 Å². The van der Waals surface area contributed by atoms with Gasteiger partial charge in [0.25, 0.3) is 0 Å². The Morgan fingerprint density at radius 1 is 0.224 bits per heavy atom. The Kier molecular flexibility index (Phi) is 8.83. The van der Waals surface area contributed by atoms with Gasteiger partial charge in [-0.2, -0.15) is 0 Å². The second-order valence-electron chi connectivity index (χ2n) is 22.1. The molecule has 16 rings (SSSR count). The highest BCUT2D eigenvalue weighted by molar-refractivity contribution is 6.26. The van der Waals surface area contributed by atoms with Gasteiger partial charge in [0, 0.05) is 55.1 Å². The number of hydrogen-bond acceptors (Lipinski definition) is 2. The van der Waals surface area contributed by atoms with E-state index in [2.05, 4.69) is 289 Å². The van der Waals surface area contributed by atoms with E-state index in [1.54, 1.807) is 0 Å². The van der Waals surface area contributed by atoms with E-state index in [0.29, 0.717) is 0 Å². The minimum Gasteiger partial charge on any atom is -0.310 e. The topological polar surface area (TPSA) is 16.3 Å². The number of hydrogen-bond donors (Lipinski definition) is 0. The lowest BCUT2D eigenvalue weighted by Crippen LogP contribution is -2.30. The molecule has 0 saturated carbocycles. The first-order valence-electron chi connectivity index (χ1n) is 26.7. The molecule has 0 aliphatic carbocycles. The first-order chi connectivity index (χ1) is 37.2. The van der Waals surface area contributed by atoms with Crippen molar-refractivity contribution in [2.24, 2.45) is 0 Å². The molecule has 76 heavy (non-hydrogen) atoms. The minimum atomic E-state index is -0.256. The van der Waals surface area contributed by atoms with Gasteiger partial charge < -0.3 is 18.9 Å². The maximum atomic E-state index is 2.51. The molecule has 0 amide bonds. The molecule has 0 saturated heterocycles. The second kappa shape index (κ2) is 15.6. The molecule has 2 aromatic heterocycles. The molecule has 0 N–H and O–H groups in total. The van der Waals surface area contributed by atoms with Gasteiger partial charge in [-0.15, -0.1) is 0 Å². The highest BCUT2D eigenvalue weighted by atomic mass is 15.2. The van der Waals surface area contributed by atoms with Crippen molar-refractivity contribution in [3.05, 3.63) is 265 Å². The largest absolute Gasteiger partial charge is 0.310 e. The van der Waals surface area contributed by atoms with Crippen LogP contribution in [-0.2, 0) is 10.8 Å². The summed E-state index contributed by atoms with van der Waals surface area (Å²) in [6.45, 7) is 9.55. The molecule has 2 aliphatic rings.